The van der Waals surface area contributed by atoms with Gasteiger partial charge in [0.05, 0.1) is 17.4 Å². The number of H-pyrrole nitrogens is 1. The molecular formula is C31H41N7O2. The van der Waals surface area contributed by atoms with Crippen molar-refractivity contribution in [3.05, 3.63) is 78.6 Å². The van der Waals surface area contributed by atoms with Crippen LogP contribution >= 0.6 is 0 Å². The first-order chi connectivity index (χ1) is 19.2. The van der Waals surface area contributed by atoms with Gasteiger partial charge in [-0.1, -0.05) is 32.6 Å². The van der Waals surface area contributed by atoms with Gasteiger partial charge in [-0.3, -0.25) is 19.7 Å². The van der Waals surface area contributed by atoms with Crippen LogP contribution in [0.2, 0.25) is 0 Å². The number of hydrogen-bond acceptors (Lipinski definition) is 6. The number of allylic oxidation sites excluding steroid dienone is 3. The van der Waals surface area contributed by atoms with Crippen LogP contribution < -0.4 is 10.6 Å². The molecule has 1 fully saturated rings. The third-order valence-electron chi connectivity index (χ3n) is 6.46. The van der Waals surface area contributed by atoms with Crippen molar-refractivity contribution in [1.29, 1.82) is 0 Å². The fraction of sp³-hybridized carbons (Fsp3) is 0.355. The third kappa shape index (κ3) is 8.13. The highest BCUT2D eigenvalue weighted by atomic mass is 16.2. The van der Waals surface area contributed by atoms with Gasteiger partial charge in [-0.2, -0.15) is 5.10 Å². The lowest BCUT2D eigenvalue weighted by atomic mass is 10.0. The van der Waals surface area contributed by atoms with Gasteiger partial charge in [0.2, 0.25) is 5.91 Å². The number of amides is 2. The van der Waals surface area contributed by atoms with E-state index in [1.54, 1.807) is 12.4 Å². The second kappa shape index (κ2) is 14.2. The Kier molecular flexibility index (Phi) is 10.8. The first kappa shape index (κ1) is 30.3. The molecule has 3 aromatic rings. The Labute approximate surface area is 237 Å². The molecule has 1 saturated carbocycles. The average molecular weight is 544 g/mol. The normalized spacial score (nSPS) is 13.2. The lowest BCUT2D eigenvalue weighted by Crippen LogP contribution is -2.27. The van der Waals surface area contributed by atoms with Crippen molar-refractivity contribution in [2.75, 3.05) is 39.5 Å². The predicted octanol–water partition coefficient (Wildman–Crippen LogP) is 5.20. The van der Waals surface area contributed by atoms with E-state index in [2.05, 4.69) is 42.2 Å². The number of benzene rings is 1. The quantitative estimate of drug-likeness (QED) is 0.287. The molecule has 4 rings (SSSR count). The second-order valence-electron chi connectivity index (χ2n) is 9.81. The molecule has 0 radical (unpaired) electrons. The summed E-state index contributed by atoms with van der Waals surface area (Å²) in [6.45, 7) is 11.7. The summed E-state index contributed by atoms with van der Waals surface area (Å²) in [5, 5.41) is 13.8. The number of nitrogens with one attached hydrogen (secondary N) is 3. The fourth-order valence-corrected chi connectivity index (χ4v) is 3.83. The van der Waals surface area contributed by atoms with Gasteiger partial charge in [0.25, 0.3) is 5.91 Å². The number of anilines is 1. The van der Waals surface area contributed by atoms with Crippen molar-refractivity contribution >= 4 is 28.4 Å². The molecule has 2 amide bonds. The Morgan fingerprint density at radius 2 is 1.82 bits per heavy atom. The average Bonchev–Trinajstić information content (AvgIpc) is 3.73. The van der Waals surface area contributed by atoms with Crippen LogP contribution in [-0.4, -0.2) is 71.0 Å². The molecule has 9 heteroatoms. The number of aromatic amines is 1. The Morgan fingerprint density at radius 3 is 2.50 bits per heavy atom. The summed E-state index contributed by atoms with van der Waals surface area (Å²) in [6.07, 6.45) is 10.8. The predicted molar refractivity (Wildman–Crippen MR) is 163 cm³/mol. The van der Waals surface area contributed by atoms with E-state index in [4.69, 9.17) is 0 Å². The maximum atomic E-state index is 13.2. The number of hydrogen-bond donors (Lipinski definition) is 3. The molecule has 1 aromatic carbocycles. The van der Waals surface area contributed by atoms with Crippen molar-refractivity contribution in [2.45, 2.75) is 33.6 Å². The lowest BCUT2D eigenvalue weighted by Gasteiger charge is -2.21. The van der Waals surface area contributed by atoms with Crippen LogP contribution in [0.25, 0.3) is 22.0 Å². The number of fused-ring (bicyclic) bond motifs is 1. The minimum Gasteiger partial charge on any atom is -0.374 e. The molecule has 9 nitrogen and oxygen atoms in total. The molecule has 1 aliphatic carbocycles. The van der Waals surface area contributed by atoms with Crippen LogP contribution in [0.1, 0.15) is 44.1 Å². The zero-order valence-electron chi connectivity index (χ0n) is 24.4. The topological polar surface area (TPSA) is 106 Å². The summed E-state index contributed by atoms with van der Waals surface area (Å²) in [5.41, 5.74) is 4.89. The summed E-state index contributed by atoms with van der Waals surface area (Å²) in [6, 6.07) is 7.61. The monoisotopic (exact) mass is 543 g/mol. The maximum Gasteiger partial charge on any atom is 0.276 e. The minimum atomic E-state index is -0.318. The van der Waals surface area contributed by atoms with Gasteiger partial charge in [0, 0.05) is 54.6 Å². The van der Waals surface area contributed by atoms with E-state index in [0.717, 1.165) is 48.3 Å². The van der Waals surface area contributed by atoms with Crippen LogP contribution in [0, 0.1) is 5.92 Å². The first-order valence-corrected chi connectivity index (χ1v) is 13.7. The zero-order chi connectivity index (χ0) is 29.2. The molecule has 0 spiro atoms. The van der Waals surface area contributed by atoms with E-state index in [1.165, 1.54) is 0 Å². The number of nitrogens with zero attached hydrogens (tertiary/aromatic N) is 4. The maximum absolute atomic E-state index is 13.2. The van der Waals surface area contributed by atoms with E-state index in [-0.39, 0.29) is 17.7 Å². The van der Waals surface area contributed by atoms with Gasteiger partial charge in [0.1, 0.15) is 0 Å². The van der Waals surface area contributed by atoms with Gasteiger partial charge < -0.3 is 20.4 Å². The third-order valence-corrected chi connectivity index (χ3v) is 6.46. The molecule has 40 heavy (non-hydrogen) atoms. The molecule has 0 aliphatic heterocycles. The standard InChI is InChI=1S/C29H35N7O2.C2H6/c1-6-23(11-7-19(2)36(5)14-13-35(3)4)31-29(38)27-25-16-21(10-12-26(25)33-34-27)22-15-24(18-30-17-22)32-28(37)20-8-9-20;1-2/h6-7,10-12,15-18,20H,2,8-9,13-14H2,1,3-5H3,(H,31,38)(H,32,37)(H,33,34);1-2H3/b11-7-,23-6+;. The molecule has 0 bridgehead atoms. The van der Waals surface area contributed by atoms with Crippen molar-refractivity contribution in [3.8, 4) is 11.1 Å². The van der Waals surface area contributed by atoms with E-state index in [0.29, 0.717) is 22.5 Å². The highest BCUT2D eigenvalue weighted by Gasteiger charge is 2.29. The summed E-state index contributed by atoms with van der Waals surface area (Å²) in [7, 11) is 6.06. The first-order valence-electron chi connectivity index (χ1n) is 13.7. The molecule has 212 valence electrons. The van der Waals surface area contributed by atoms with E-state index < -0.39 is 0 Å². The summed E-state index contributed by atoms with van der Waals surface area (Å²) in [5.74, 6) is -0.173. The van der Waals surface area contributed by atoms with Crippen molar-refractivity contribution in [2.24, 2.45) is 5.92 Å². The highest BCUT2D eigenvalue weighted by molar-refractivity contribution is 6.06. The number of carbonyl (C=O) groups excluding carboxylic acids is 2. The zero-order valence-corrected chi connectivity index (χ0v) is 24.4. The van der Waals surface area contributed by atoms with Crippen LogP contribution in [0.15, 0.2) is 72.9 Å². The van der Waals surface area contributed by atoms with Crippen molar-refractivity contribution in [1.82, 2.24) is 30.3 Å². The van der Waals surface area contributed by atoms with Crippen molar-refractivity contribution < 1.29 is 9.59 Å². The molecule has 3 N–H and O–H groups in total. The van der Waals surface area contributed by atoms with Crippen molar-refractivity contribution in [3.63, 3.8) is 0 Å². The molecular weight excluding hydrogens is 502 g/mol. The van der Waals surface area contributed by atoms with Gasteiger partial charge in [-0.15, -0.1) is 0 Å². The smallest absolute Gasteiger partial charge is 0.276 e. The fourth-order valence-electron chi connectivity index (χ4n) is 3.83. The molecule has 0 atom stereocenters. The number of rotatable bonds is 11. The van der Waals surface area contributed by atoms with Crippen LogP contribution in [-0.2, 0) is 4.79 Å². The molecule has 1 aliphatic rings. The molecule has 2 aromatic heterocycles. The van der Waals surface area contributed by atoms with E-state index >= 15 is 0 Å². The molecule has 0 unspecified atom stereocenters. The van der Waals surface area contributed by atoms with Gasteiger partial charge in [-0.05, 0) is 69.8 Å². The van der Waals surface area contributed by atoms with Crippen LogP contribution in [0.3, 0.4) is 0 Å². The van der Waals surface area contributed by atoms with Gasteiger partial charge in [-0.25, -0.2) is 0 Å². The van der Waals surface area contributed by atoms with E-state index in [1.807, 2.05) is 84.4 Å². The van der Waals surface area contributed by atoms with Crippen LogP contribution in [0.5, 0.6) is 0 Å². The Hall–Kier alpha value is -4.24. The largest absolute Gasteiger partial charge is 0.374 e. The Bertz CT molecular complexity index is 1400. The minimum absolute atomic E-state index is 0.0332. The number of aromatic nitrogens is 3. The van der Waals surface area contributed by atoms with Gasteiger partial charge in [0.15, 0.2) is 5.69 Å². The van der Waals surface area contributed by atoms with E-state index in [9.17, 15) is 9.59 Å². The number of carbonyl (C=O) groups is 2. The SMILES string of the molecule is C=C(/C=C\C(=C/C)NC(=O)c1n[nH]c2ccc(-c3cncc(NC(=O)C4CC4)c3)cc12)N(C)CCN(C)C.CC. The summed E-state index contributed by atoms with van der Waals surface area (Å²) >= 11 is 0. The van der Waals surface area contributed by atoms with Crippen LogP contribution in [0.4, 0.5) is 5.69 Å². The lowest BCUT2D eigenvalue weighted by molar-refractivity contribution is -0.117. The number of pyridine rings is 1. The van der Waals surface area contributed by atoms with Gasteiger partial charge >= 0.3 is 0 Å². The Morgan fingerprint density at radius 1 is 1.07 bits per heavy atom. The second-order valence-corrected chi connectivity index (χ2v) is 9.81. The Balaban J connectivity index is 0.00000216. The molecule has 0 saturated heterocycles. The molecule has 2 heterocycles. The highest BCUT2D eigenvalue weighted by Crippen LogP contribution is 2.31. The number of likely N-dealkylation sites (N-methyl/N-ethyl adjacent to an activating group) is 2. The summed E-state index contributed by atoms with van der Waals surface area (Å²) < 4.78 is 0. The summed E-state index contributed by atoms with van der Waals surface area (Å²) in [4.78, 5) is 33.8.